The van der Waals surface area contributed by atoms with E-state index in [9.17, 15) is 4.79 Å². The van der Waals surface area contributed by atoms with E-state index in [-0.39, 0.29) is 11.2 Å². The maximum absolute atomic E-state index is 12.3. The molecule has 1 unspecified atom stereocenters. The van der Waals surface area contributed by atoms with Crippen LogP contribution in [-0.2, 0) is 4.79 Å². The van der Waals surface area contributed by atoms with E-state index in [4.69, 9.17) is 11.6 Å². The molecule has 3 aromatic rings. The highest BCUT2D eigenvalue weighted by Gasteiger charge is 2.14. The fourth-order valence-electron chi connectivity index (χ4n) is 3.11. The molecule has 0 aliphatic heterocycles. The molecule has 0 radical (unpaired) electrons. The summed E-state index contributed by atoms with van der Waals surface area (Å²) in [5, 5.41) is 4.58. The lowest BCUT2D eigenvalue weighted by atomic mass is 10.2. The summed E-state index contributed by atoms with van der Waals surface area (Å²) in [6.07, 6.45) is 1.70. The van der Waals surface area contributed by atoms with Crippen molar-refractivity contribution in [3.05, 3.63) is 82.1 Å². The van der Waals surface area contributed by atoms with Gasteiger partial charge in [-0.1, -0.05) is 23.7 Å². The van der Waals surface area contributed by atoms with Gasteiger partial charge in [-0.3, -0.25) is 4.79 Å². The molecule has 150 valence electrons. The molecule has 0 bridgehead atoms. The number of nitrogens with one attached hydrogen (secondary N) is 1. The molecule has 1 aromatic heterocycles. The van der Waals surface area contributed by atoms with Gasteiger partial charge in [-0.05, 0) is 75.7 Å². The summed E-state index contributed by atoms with van der Waals surface area (Å²) < 4.78 is 2.19. The molecule has 2 aromatic carbocycles. The molecule has 29 heavy (non-hydrogen) atoms. The second kappa shape index (κ2) is 9.33. The van der Waals surface area contributed by atoms with Crippen LogP contribution in [0, 0.1) is 20.8 Å². The Morgan fingerprint density at radius 2 is 1.86 bits per heavy atom. The van der Waals surface area contributed by atoms with Gasteiger partial charge < -0.3 is 4.57 Å². The minimum atomic E-state index is -0.270. The highest BCUT2D eigenvalue weighted by Crippen LogP contribution is 2.25. The van der Waals surface area contributed by atoms with Gasteiger partial charge in [-0.2, -0.15) is 5.10 Å². The number of nitrogens with zero attached hydrogens (tertiary/aromatic N) is 2. The molecule has 0 aliphatic rings. The Morgan fingerprint density at radius 1 is 1.14 bits per heavy atom. The predicted octanol–water partition coefficient (Wildman–Crippen LogP) is 5.69. The van der Waals surface area contributed by atoms with Crippen molar-refractivity contribution in [2.45, 2.75) is 37.8 Å². The van der Waals surface area contributed by atoms with Gasteiger partial charge in [-0.15, -0.1) is 11.8 Å². The Bertz CT molecular complexity index is 1040. The lowest BCUT2D eigenvalue weighted by Crippen LogP contribution is -2.26. The number of rotatable bonds is 6. The summed E-state index contributed by atoms with van der Waals surface area (Å²) in [6, 6.07) is 17.9. The number of carbonyl (C=O) groups is 1. The maximum Gasteiger partial charge on any atom is 0.253 e. The van der Waals surface area contributed by atoms with E-state index < -0.39 is 0 Å². The quantitative estimate of drug-likeness (QED) is 0.313. The normalized spacial score (nSPS) is 12.3. The van der Waals surface area contributed by atoms with Crippen molar-refractivity contribution in [2.75, 3.05) is 0 Å². The van der Waals surface area contributed by atoms with E-state index in [2.05, 4.69) is 66.2 Å². The van der Waals surface area contributed by atoms with Gasteiger partial charge in [0.2, 0.25) is 0 Å². The van der Waals surface area contributed by atoms with Crippen molar-refractivity contribution in [1.82, 2.24) is 9.99 Å². The maximum atomic E-state index is 12.3. The topological polar surface area (TPSA) is 46.4 Å². The van der Waals surface area contributed by atoms with Crippen LogP contribution in [0.3, 0.4) is 0 Å². The SMILES string of the molecule is Cc1cccc(-n2c(C)cc(/C=N/NC(=O)C(C)Sc3ccc(Cl)cc3)c2C)c1. The minimum absolute atomic E-state index is 0.145. The molecule has 4 nitrogen and oxygen atoms in total. The first-order valence-corrected chi connectivity index (χ1v) is 10.6. The molecule has 0 aliphatic carbocycles. The second-order valence-corrected chi connectivity index (χ2v) is 8.80. The number of amides is 1. The molecule has 0 fully saturated rings. The van der Waals surface area contributed by atoms with Gasteiger partial charge in [0.25, 0.3) is 5.91 Å². The number of aromatic nitrogens is 1. The van der Waals surface area contributed by atoms with Crippen LogP contribution in [0.1, 0.15) is 29.4 Å². The number of hydrazone groups is 1. The lowest BCUT2D eigenvalue weighted by molar-refractivity contribution is -0.120. The summed E-state index contributed by atoms with van der Waals surface area (Å²) in [5.41, 5.74) is 8.15. The van der Waals surface area contributed by atoms with Gasteiger partial charge in [0.05, 0.1) is 11.5 Å². The van der Waals surface area contributed by atoms with Crippen molar-refractivity contribution >= 4 is 35.5 Å². The van der Waals surface area contributed by atoms with Crippen LogP contribution >= 0.6 is 23.4 Å². The molecule has 0 saturated carbocycles. The van der Waals surface area contributed by atoms with Gasteiger partial charge in [-0.25, -0.2) is 5.43 Å². The van der Waals surface area contributed by atoms with E-state index >= 15 is 0 Å². The molecule has 1 atom stereocenters. The van der Waals surface area contributed by atoms with E-state index in [1.165, 1.54) is 17.3 Å². The Kier molecular flexibility index (Phi) is 6.83. The van der Waals surface area contributed by atoms with Crippen LogP contribution in [0.15, 0.2) is 64.6 Å². The summed E-state index contributed by atoms with van der Waals surface area (Å²) >= 11 is 7.37. The van der Waals surface area contributed by atoms with Crippen LogP contribution in [-0.4, -0.2) is 21.9 Å². The molecule has 1 N–H and O–H groups in total. The predicted molar refractivity (Wildman–Crippen MR) is 122 cm³/mol. The van der Waals surface area contributed by atoms with E-state index in [0.717, 1.165) is 27.5 Å². The average molecular weight is 426 g/mol. The summed E-state index contributed by atoms with van der Waals surface area (Å²) in [5.74, 6) is -0.145. The third kappa shape index (κ3) is 5.31. The highest BCUT2D eigenvalue weighted by molar-refractivity contribution is 8.00. The second-order valence-electron chi connectivity index (χ2n) is 6.95. The van der Waals surface area contributed by atoms with Crippen molar-refractivity contribution < 1.29 is 4.79 Å². The van der Waals surface area contributed by atoms with Crippen molar-refractivity contribution in [3.8, 4) is 5.69 Å². The van der Waals surface area contributed by atoms with Crippen LogP contribution in [0.4, 0.5) is 0 Å². The zero-order chi connectivity index (χ0) is 21.0. The molecule has 6 heteroatoms. The third-order valence-corrected chi connectivity index (χ3v) is 5.97. The van der Waals surface area contributed by atoms with E-state index in [1.54, 1.807) is 6.21 Å². The molecule has 0 saturated heterocycles. The number of hydrogen-bond donors (Lipinski definition) is 1. The number of carbonyl (C=O) groups excluding carboxylic acids is 1. The highest BCUT2D eigenvalue weighted by atomic mass is 35.5. The molecule has 1 heterocycles. The lowest BCUT2D eigenvalue weighted by Gasteiger charge is -2.10. The zero-order valence-electron chi connectivity index (χ0n) is 16.9. The molecule has 1 amide bonds. The number of thioether (sulfide) groups is 1. The fraction of sp³-hybridized carbons (Fsp3) is 0.217. The first-order valence-electron chi connectivity index (χ1n) is 9.36. The van der Waals surface area contributed by atoms with Crippen molar-refractivity contribution in [1.29, 1.82) is 0 Å². The van der Waals surface area contributed by atoms with Crippen molar-refractivity contribution in [2.24, 2.45) is 5.10 Å². The summed E-state index contributed by atoms with van der Waals surface area (Å²) in [4.78, 5) is 13.3. The average Bonchev–Trinajstić information content (AvgIpc) is 2.97. The van der Waals surface area contributed by atoms with Crippen LogP contribution in [0.2, 0.25) is 5.02 Å². The van der Waals surface area contributed by atoms with Gasteiger partial charge in [0, 0.05) is 32.6 Å². The summed E-state index contributed by atoms with van der Waals surface area (Å²) in [7, 11) is 0. The Hall–Kier alpha value is -2.50. The first kappa shape index (κ1) is 21.2. The zero-order valence-corrected chi connectivity index (χ0v) is 18.5. The van der Waals surface area contributed by atoms with Crippen molar-refractivity contribution in [3.63, 3.8) is 0 Å². The number of benzene rings is 2. The largest absolute Gasteiger partial charge is 0.318 e. The third-order valence-electron chi connectivity index (χ3n) is 4.60. The Morgan fingerprint density at radius 3 is 2.55 bits per heavy atom. The molecule has 3 rings (SSSR count). The van der Waals surface area contributed by atoms with Crippen LogP contribution in [0.5, 0.6) is 0 Å². The number of halogens is 1. The molecular formula is C23H24ClN3OS. The Balaban J connectivity index is 1.66. The first-order chi connectivity index (χ1) is 13.8. The van der Waals surface area contributed by atoms with Gasteiger partial charge in [0.15, 0.2) is 0 Å². The standard InChI is InChI=1S/C23H24ClN3OS/c1-15-6-5-7-21(12-15)27-16(2)13-19(17(27)3)14-25-26-23(28)18(4)29-22-10-8-20(24)9-11-22/h5-14,18H,1-4H3,(H,26,28)/b25-14+. The fourth-order valence-corrected chi connectivity index (χ4v) is 4.10. The number of aryl methyl sites for hydroxylation is 2. The Labute approximate surface area is 181 Å². The number of hydrogen-bond acceptors (Lipinski definition) is 3. The van der Waals surface area contributed by atoms with Gasteiger partial charge in [0.1, 0.15) is 0 Å². The minimum Gasteiger partial charge on any atom is -0.318 e. The van der Waals surface area contributed by atoms with E-state index in [1.807, 2.05) is 31.2 Å². The smallest absolute Gasteiger partial charge is 0.253 e. The van der Waals surface area contributed by atoms with Crippen LogP contribution < -0.4 is 5.43 Å². The summed E-state index contributed by atoms with van der Waals surface area (Å²) in [6.45, 7) is 8.06. The molecule has 0 spiro atoms. The molecular weight excluding hydrogens is 402 g/mol. The van der Waals surface area contributed by atoms with Crippen LogP contribution in [0.25, 0.3) is 5.69 Å². The van der Waals surface area contributed by atoms with E-state index in [0.29, 0.717) is 5.02 Å². The monoisotopic (exact) mass is 425 g/mol. The van der Waals surface area contributed by atoms with Gasteiger partial charge >= 0.3 is 0 Å².